The average Bonchev–Trinajstić information content (AvgIpc) is 2.38. The fourth-order valence-electron chi connectivity index (χ4n) is 1.64. The van der Waals surface area contributed by atoms with Gasteiger partial charge in [-0.3, -0.25) is 9.79 Å². The molecule has 0 aliphatic heterocycles. The number of nitrogens with one attached hydrogen (secondary N) is 3. The van der Waals surface area contributed by atoms with Gasteiger partial charge < -0.3 is 20.7 Å². The number of hydrogen-bond acceptors (Lipinski definition) is 3. The summed E-state index contributed by atoms with van der Waals surface area (Å²) < 4.78 is 5.46. The quantitative estimate of drug-likeness (QED) is 0.334. The molecule has 7 heteroatoms. The second-order valence-corrected chi connectivity index (χ2v) is 5.75. The SMILES string of the molecule is CCCNC(=O)CNC(=NC)NCC(OC)C(C)(C)C.I. The average molecular weight is 414 g/mol. The van der Waals surface area contributed by atoms with Crippen LogP contribution < -0.4 is 16.0 Å². The number of hydrogen-bond donors (Lipinski definition) is 3. The maximum atomic E-state index is 11.5. The van der Waals surface area contributed by atoms with Gasteiger partial charge >= 0.3 is 0 Å². The summed E-state index contributed by atoms with van der Waals surface area (Å²) in [6.07, 6.45) is 0.995. The highest BCUT2D eigenvalue weighted by Crippen LogP contribution is 2.20. The number of amides is 1. The van der Waals surface area contributed by atoms with Gasteiger partial charge in [0.1, 0.15) is 0 Å². The fourth-order valence-corrected chi connectivity index (χ4v) is 1.64. The van der Waals surface area contributed by atoms with E-state index in [9.17, 15) is 4.79 Å². The van der Waals surface area contributed by atoms with Crippen molar-refractivity contribution in [2.45, 2.75) is 40.2 Å². The molecule has 126 valence electrons. The molecule has 0 bridgehead atoms. The molecule has 3 N–H and O–H groups in total. The van der Waals surface area contributed by atoms with E-state index in [1.807, 2.05) is 6.92 Å². The molecule has 1 amide bonds. The van der Waals surface area contributed by atoms with Gasteiger partial charge in [0.25, 0.3) is 0 Å². The van der Waals surface area contributed by atoms with Crippen LogP contribution in [0.5, 0.6) is 0 Å². The predicted molar refractivity (Wildman–Crippen MR) is 98.3 cm³/mol. The highest BCUT2D eigenvalue weighted by atomic mass is 127. The number of methoxy groups -OCH3 is 1. The molecule has 0 fully saturated rings. The van der Waals surface area contributed by atoms with E-state index in [4.69, 9.17) is 4.74 Å². The normalized spacial score (nSPS) is 13.1. The van der Waals surface area contributed by atoms with Gasteiger partial charge in [0, 0.05) is 27.2 Å². The van der Waals surface area contributed by atoms with Crippen molar-refractivity contribution in [3.05, 3.63) is 0 Å². The summed E-state index contributed by atoms with van der Waals surface area (Å²) in [5, 5.41) is 8.96. The Hall–Kier alpha value is -0.570. The molecule has 0 saturated heterocycles. The Morgan fingerprint density at radius 2 is 1.86 bits per heavy atom. The molecule has 0 aromatic rings. The molecular weight excluding hydrogens is 383 g/mol. The number of guanidine groups is 1. The second-order valence-electron chi connectivity index (χ2n) is 5.75. The smallest absolute Gasteiger partial charge is 0.239 e. The van der Waals surface area contributed by atoms with Crippen molar-refractivity contribution in [3.63, 3.8) is 0 Å². The van der Waals surface area contributed by atoms with Crippen molar-refractivity contribution in [2.75, 3.05) is 33.8 Å². The van der Waals surface area contributed by atoms with Crippen LogP contribution in [0, 0.1) is 5.41 Å². The van der Waals surface area contributed by atoms with Gasteiger partial charge in [-0.2, -0.15) is 0 Å². The first kappa shape index (κ1) is 22.7. The lowest BCUT2D eigenvalue weighted by Gasteiger charge is -2.30. The summed E-state index contributed by atoms with van der Waals surface area (Å²) in [7, 11) is 3.38. The number of carbonyl (C=O) groups excluding carboxylic acids is 1. The van der Waals surface area contributed by atoms with Crippen LogP contribution in [0.2, 0.25) is 0 Å². The fraction of sp³-hybridized carbons (Fsp3) is 0.857. The van der Waals surface area contributed by atoms with Crippen molar-refractivity contribution in [2.24, 2.45) is 10.4 Å². The maximum Gasteiger partial charge on any atom is 0.239 e. The van der Waals surface area contributed by atoms with Crippen LogP contribution in [0.3, 0.4) is 0 Å². The Balaban J connectivity index is 0. The van der Waals surface area contributed by atoms with Gasteiger partial charge in [-0.1, -0.05) is 27.7 Å². The largest absolute Gasteiger partial charge is 0.379 e. The van der Waals surface area contributed by atoms with Crippen LogP contribution >= 0.6 is 24.0 Å². The molecule has 0 aliphatic carbocycles. The summed E-state index contributed by atoms with van der Waals surface area (Å²) in [5.41, 5.74) is 0.0408. The molecule has 0 aliphatic rings. The summed E-state index contributed by atoms with van der Waals surface area (Å²) in [6.45, 7) is 9.93. The van der Waals surface area contributed by atoms with Crippen molar-refractivity contribution in [3.8, 4) is 0 Å². The lowest BCUT2D eigenvalue weighted by Crippen LogP contribution is -2.47. The zero-order valence-electron chi connectivity index (χ0n) is 14.1. The number of rotatable bonds is 7. The highest BCUT2D eigenvalue weighted by Gasteiger charge is 2.24. The summed E-state index contributed by atoms with van der Waals surface area (Å²) in [4.78, 5) is 15.6. The first-order chi connectivity index (χ1) is 9.35. The minimum atomic E-state index is -0.0334. The Bertz CT molecular complexity index is 317. The Kier molecular flexibility index (Phi) is 13.0. The van der Waals surface area contributed by atoms with E-state index in [1.165, 1.54) is 0 Å². The van der Waals surface area contributed by atoms with E-state index in [2.05, 4.69) is 41.7 Å². The molecule has 1 atom stereocenters. The topological polar surface area (TPSA) is 74.8 Å². The van der Waals surface area contributed by atoms with Crippen molar-refractivity contribution >= 4 is 35.8 Å². The van der Waals surface area contributed by atoms with Gasteiger partial charge in [0.15, 0.2) is 5.96 Å². The van der Waals surface area contributed by atoms with Crippen LogP contribution in [-0.4, -0.2) is 51.8 Å². The molecule has 0 heterocycles. The minimum absolute atomic E-state index is 0. The zero-order valence-corrected chi connectivity index (χ0v) is 16.4. The predicted octanol–water partition coefficient (Wildman–Crippen LogP) is 1.36. The summed E-state index contributed by atoms with van der Waals surface area (Å²) >= 11 is 0. The van der Waals surface area contributed by atoms with Crippen LogP contribution in [0.1, 0.15) is 34.1 Å². The van der Waals surface area contributed by atoms with E-state index in [-0.39, 0.29) is 47.9 Å². The number of carbonyl (C=O) groups is 1. The third-order valence-corrected chi connectivity index (χ3v) is 2.92. The highest BCUT2D eigenvalue weighted by molar-refractivity contribution is 14.0. The molecule has 6 nitrogen and oxygen atoms in total. The van der Waals surface area contributed by atoms with Crippen molar-refractivity contribution < 1.29 is 9.53 Å². The van der Waals surface area contributed by atoms with E-state index in [1.54, 1.807) is 14.2 Å². The molecule has 0 aromatic carbocycles. The van der Waals surface area contributed by atoms with Crippen molar-refractivity contribution in [1.82, 2.24) is 16.0 Å². The van der Waals surface area contributed by atoms with Crippen LogP contribution in [-0.2, 0) is 9.53 Å². The molecule has 0 radical (unpaired) electrons. The van der Waals surface area contributed by atoms with E-state index < -0.39 is 0 Å². The second kappa shape index (κ2) is 12.0. The van der Waals surface area contributed by atoms with E-state index in [0.717, 1.165) is 6.42 Å². The Morgan fingerprint density at radius 3 is 2.29 bits per heavy atom. The zero-order chi connectivity index (χ0) is 15.6. The van der Waals surface area contributed by atoms with Gasteiger partial charge in [-0.15, -0.1) is 24.0 Å². The Labute approximate surface area is 145 Å². The molecule has 0 aromatic heterocycles. The summed E-state index contributed by atoms with van der Waals surface area (Å²) in [6, 6.07) is 0. The van der Waals surface area contributed by atoms with Crippen molar-refractivity contribution in [1.29, 1.82) is 0 Å². The molecule has 1 unspecified atom stereocenters. The van der Waals surface area contributed by atoms with Crippen LogP contribution in [0.25, 0.3) is 0 Å². The van der Waals surface area contributed by atoms with Gasteiger partial charge in [-0.05, 0) is 11.8 Å². The monoisotopic (exact) mass is 414 g/mol. The number of nitrogens with zero attached hydrogens (tertiary/aromatic N) is 1. The lowest BCUT2D eigenvalue weighted by atomic mass is 9.89. The molecule has 21 heavy (non-hydrogen) atoms. The first-order valence-electron chi connectivity index (χ1n) is 7.09. The molecule has 0 rings (SSSR count). The number of aliphatic imine (C=N–C) groups is 1. The molecular formula is C14H31IN4O2. The third kappa shape index (κ3) is 10.8. The lowest BCUT2D eigenvalue weighted by molar-refractivity contribution is -0.120. The van der Waals surface area contributed by atoms with E-state index in [0.29, 0.717) is 19.0 Å². The van der Waals surface area contributed by atoms with Crippen LogP contribution in [0.15, 0.2) is 4.99 Å². The Morgan fingerprint density at radius 1 is 1.24 bits per heavy atom. The molecule has 0 spiro atoms. The van der Waals surface area contributed by atoms with Crippen LogP contribution in [0.4, 0.5) is 0 Å². The maximum absolute atomic E-state index is 11.5. The first-order valence-corrected chi connectivity index (χ1v) is 7.09. The van der Waals surface area contributed by atoms with Gasteiger partial charge in [-0.25, -0.2) is 0 Å². The third-order valence-electron chi connectivity index (χ3n) is 2.92. The molecule has 0 saturated carbocycles. The standard InChI is InChI=1S/C14H30N4O2.HI/c1-7-8-16-12(19)10-18-13(15-5)17-9-11(20-6)14(2,3)4;/h11H,7-10H2,1-6H3,(H,16,19)(H2,15,17,18);1H. The number of ether oxygens (including phenoxy) is 1. The van der Waals surface area contributed by atoms with Gasteiger partial charge in [0.2, 0.25) is 5.91 Å². The minimum Gasteiger partial charge on any atom is -0.379 e. The number of halogens is 1. The summed E-state index contributed by atoms with van der Waals surface area (Å²) in [5.74, 6) is 0.567. The van der Waals surface area contributed by atoms with E-state index >= 15 is 0 Å². The van der Waals surface area contributed by atoms with Gasteiger partial charge in [0.05, 0.1) is 12.6 Å².